The second-order valence-corrected chi connectivity index (χ2v) is 4.65. The number of H-pyrrole nitrogens is 1. The molecule has 0 bridgehead atoms. The largest absolute Gasteiger partial charge is 0.508 e. The van der Waals surface area contributed by atoms with Gasteiger partial charge >= 0.3 is 0 Å². The van der Waals surface area contributed by atoms with Gasteiger partial charge in [0, 0.05) is 6.07 Å². The van der Waals surface area contributed by atoms with Gasteiger partial charge in [-0.3, -0.25) is 0 Å². The highest BCUT2D eigenvalue weighted by atomic mass is 16.3. The van der Waals surface area contributed by atoms with Gasteiger partial charge in [-0.1, -0.05) is 12.8 Å². The van der Waals surface area contributed by atoms with Gasteiger partial charge in [-0.15, -0.1) is 0 Å². The summed E-state index contributed by atoms with van der Waals surface area (Å²) in [6.45, 7) is 0. The van der Waals surface area contributed by atoms with E-state index in [1.807, 2.05) is 6.07 Å². The number of fused-ring (bicyclic) bond motifs is 1. The molecular weight excluding hydrogens is 202 g/mol. The lowest BCUT2D eigenvalue weighted by Gasteiger charge is -2.19. The first-order chi connectivity index (χ1) is 7.67. The van der Waals surface area contributed by atoms with E-state index in [4.69, 9.17) is 5.73 Å². The van der Waals surface area contributed by atoms with Crippen LogP contribution in [0.5, 0.6) is 5.75 Å². The van der Waals surface area contributed by atoms with Crippen LogP contribution in [-0.2, 0) is 5.54 Å². The van der Waals surface area contributed by atoms with E-state index in [2.05, 4.69) is 9.97 Å². The van der Waals surface area contributed by atoms with Crippen molar-refractivity contribution in [3.63, 3.8) is 0 Å². The lowest BCUT2D eigenvalue weighted by molar-refractivity contribution is 0.437. The standard InChI is InChI=1S/C12H15N3O/c13-12(5-1-2-6-12)11-14-9-4-3-8(16)7-10(9)15-11/h3-4,7,16H,1-2,5-6,13H2,(H,14,15). The summed E-state index contributed by atoms with van der Waals surface area (Å²) in [5.74, 6) is 1.10. The SMILES string of the molecule is NC1(c2nc3ccc(O)cc3[nH]2)CCCC1. The maximum absolute atomic E-state index is 9.39. The smallest absolute Gasteiger partial charge is 0.127 e. The van der Waals surface area contributed by atoms with E-state index in [0.29, 0.717) is 0 Å². The molecule has 0 aliphatic heterocycles. The van der Waals surface area contributed by atoms with Crippen molar-refractivity contribution in [1.29, 1.82) is 0 Å². The minimum Gasteiger partial charge on any atom is -0.508 e. The number of aromatic amines is 1. The maximum atomic E-state index is 9.39. The van der Waals surface area contributed by atoms with Crippen LogP contribution in [0, 0.1) is 0 Å². The molecule has 16 heavy (non-hydrogen) atoms. The van der Waals surface area contributed by atoms with Crippen LogP contribution in [0.15, 0.2) is 18.2 Å². The average Bonchev–Trinajstić information content (AvgIpc) is 2.84. The number of rotatable bonds is 1. The van der Waals surface area contributed by atoms with Crippen molar-refractivity contribution in [3.8, 4) is 5.75 Å². The number of aromatic hydroxyl groups is 1. The third-order valence-electron chi connectivity index (χ3n) is 3.43. The molecule has 0 atom stereocenters. The van der Waals surface area contributed by atoms with Crippen molar-refractivity contribution in [2.45, 2.75) is 31.2 Å². The molecule has 4 nitrogen and oxygen atoms in total. The number of hydrogen-bond donors (Lipinski definition) is 3. The van der Waals surface area contributed by atoms with E-state index in [9.17, 15) is 5.11 Å². The maximum Gasteiger partial charge on any atom is 0.127 e. The summed E-state index contributed by atoms with van der Waals surface area (Å²) >= 11 is 0. The third kappa shape index (κ3) is 1.38. The Morgan fingerprint density at radius 3 is 2.81 bits per heavy atom. The van der Waals surface area contributed by atoms with E-state index in [1.165, 1.54) is 12.8 Å². The number of hydrogen-bond acceptors (Lipinski definition) is 3. The van der Waals surface area contributed by atoms with Crippen LogP contribution in [0.1, 0.15) is 31.5 Å². The summed E-state index contributed by atoms with van der Waals surface area (Å²) in [5.41, 5.74) is 7.75. The molecule has 1 aliphatic carbocycles. The fourth-order valence-corrected chi connectivity index (χ4v) is 2.48. The molecule has 0 radical (unpaired) electrons. The molecule has 4 N–H and O–H groups in total. The summed E-state index contributed by atoms with van der Waals surface area (Å²) in [6, 6.07) is 5.14. The Labute approximate surface area is 93.5 Å². The molecule has 1 fully saturated rings. The number of nitrogens with zero attached hydrogens (tertiary/aromatic N) is 1. The highest BCUT2D eigenvalue weighted by Gasteiger charge is 2.34. The Bertz CT molecular complexity index is 526. The Kier molecular flexibility index (Phi) is 1.94. The summed E-state index contributed by atoms with van der Waals surface area (Å²) in [7, 11) is 0. The molecule has 0 unspecified atom stereocenters. The van der Waals surface area contributed by atoms with Gasteiger partial charge in [0.2, 0.25) is 0 Å². The van der Waals surface area contributed by atoms with Crippen molar-refractivity contribution >= 4 is 11.0 Å². The molecule has 0 spiro atoms. The number of nitrogens with two attached hydrogens (primary N) is 1. The van der Waals surface area contributed by atoms with Crippen LogP contribution in [0.25, 0.3) is 11.0 Å². The summed E-state index contributed by atoms with van der Waals surface area (Å²) in [6.07, 6.45) is 4.30. The number of benzene rings is 1. The second-order valence-electron chi connectivity index (χ2n) is 4.65. The molecule has 1 aromatic carbocycles. The van der Waals surface area contributed by atoms with E-state index < -0.39 is 0 Å². The Morgan fingerprint density at radius 1 is 1.31 bits per heavy atom. The van der Waals surface area contributed by atoms with Crippen molar-refractivity contribution in [2.24, 2.45) is 5.73 Å². The number of phenolic OH excluding ortho intramolecular Hbond substituents is 1. The van der Waals surface area contributed by atoms with Crippen LogP contribution in [-0.4, -0.2) is 15.1 Å². The Balaban J connectivity index is 2.11. The third-order valence-corrected chi connectivity index (χ3v) is 3.43. The van der Waals surface area contributed by atoms with Crippen LogP contribution < -0.4 is 5.73 Å². The van der Waals surface area contributed by atoms with Gasteiger partial charge in [0.05, 0.1) is 16.6 Å². The predicted molar refractivity (Wildman–Crippen MR) is 62.1 cm³/mol. The van der Waals surface area contributed by atoms with Crippen LogP contribution in [0.4, 0.5) is 0 Å². The minimum atomic E-state index is -0.297. The molecule has 1 saturated carbocycles. The zero-order valence-corrected chi connectivity index (χ0v) is 9.03. The summed E-state index contributed by atoms with van der Waals surface area (Å²) in [5, 5.41) is 9.39. The van der Waals surface area contributed by atoms with Gasteiger partial charge in [0.25, 0.3) is 0 Å². The minimum absolute atomic E-state index is 0.250. The highest BCUT2D eigenvalue weighted by molar-refractivity contribution is 5.76. The number of aromatic nitrogens is 2. The normalized spacial score (nSPS) is 19.3. The molecule has 84 valence electrons. The van der Waals surface area contributed by atoms with Gasteiger partial charge < -0.3 is 15.8 Å². The highest BCUT2D eigenvalue weighted by Crippen LogP contribution is 2.35. The molecule has 1 aromatic heterocycles. The quantitative estimate of drug-likeness (QED) is 0.683. The fraction of sp³-hybridized carbons (Fsp3) is 0.417. The van der Waals surface area contributed by atoms with Crippen molar-refractivity contribution in [1.82, 2.24) is 9.97 Å². The number of nitrogens with one attached hydrogen (secondary N) is 1. The van der Waals surface area contributed by atoms with Crippen molar-refractivity contribution in [2.75, 3.05) is 0 Å². The van der Waals surface area contributed by atoms with Gasteiger partial charge in [0.15, 0.2) is 0 Å². The van der Waals surface area contributed by atoms with Gasteiger partial charge in [0.1, 0.15) is 11.6 Å². The van der Waals surface area contributed by atoms with Gasteiger partial charge in [-0.05, 0) is 25.0 Å². The molecule has 1 aliphatic rings. The predicted octanol–water partition coefficient (Wildman–Crippen LogP) is 2.00. The lowest BCUT2D eigenvalue weighted by Crippen LogP contribution is -2.34. The zero-order chi connectivity index (χ0) is 11.2. The van der Waals surface area contributed by atoms with Gasteiger partial charge in [-0.25, -0.2) is 4.98 Å². The first-order valence-corrected chi connectivity index (χ1v) is 5.65. The molecule has 1 heterocycles. The van der Waals surface area contributed by atoms with E-state index >= 15 is 0 Å². The molecule has 0 saturated heterocycles. The van der Waals surface area contributed by atoms with Crippen LogP contribution in [0.3, 0.4) is 0 Å². The van der Waals surface area contributed by atoms with E-state index in [0.717, 1.165) is 29.7 Å². The Morgan fingerprint density at radius 2 is 2.06 bits per heavy atom. The van der Waals surface area contributed by atoms with Crippen LogP contribution >= 0.6 is 0 Å². The van der Waals surface area contributed by atoms with Crippen molar-refractivity contribution in [3.05, 3.63) is 24.0 Å². The Hall–Kier alpha value is -1.55. The van der Waals surface area contributed by atoms with Crippen LogP contribution in [0.2, 0.25) is 0 Å². The molecular formula is C12H15N3O. The molecule has 2 aromatic rings. The lowest BCUT2D eigenvalue weighted by atomic mass is 9.99. The second kappa shape index (κ2) is 3.22. The van der Waals surface area contributed by atoms with E-state index in [1.54, 1.807) is 12.1 Å². The average molecular weight is 217 g/mol. The summed E-state index contributed by atoms with van der Waals surface area (Å²) in [4.78, 5) is 7.74. The summed E-state index contributed by atoms with van der Waals surface area (Å²) < 4.78 is 0. The zero-order valence-electron chi connectivity index (χ0n) is 9.03. The fourth-order valence-electron chi connectivity index (χ4n) is 2.48. The topological polar surface area (TPSA) is 74.9 Å². The first-order valence-electron chi connectivity index (χ1n) is 5.65. The van der Waals surface area contributed by atoms with Gasteiger partial charge in [-0.2, -0.15) is 0 Å². The first kappa shape index (κ1) is 9.66. The monoisotopic (exact) mass is 217 g/mol. The van der Waals surface area contributed by atoms with Crippen molar-refractivity contribution < 1.29 is 5.11 Å². The molecule has 4 heteroatoms. The molecule has 3 rings (SSSR count). The number of imidazole rings is 1. The van der Waals surface area contributed by atoms with E-state index in [-0.39, 0.29) is 11.3 Å². The number of phenols is 1. The molecule has 0 amide bonds.